The van der Waals surface area contributed by atoms with E-state index in [2.05, 4.69) is 19.3 Å². The number of carbonyl (C=O) groups is 2. The number of amides is 2. The predicted octanol–water partition coefficient (Wildman–Crippen LogP) is 3.68. The summed E-state index contributed by atoms with van der Waals surface area (Å²) in [5.41, 5.74) is 5.78. The molecule has 23 heavy (non-hydrogen) atoms. The molecule has 1 heterocycles. The van der Waals surface area contributed by atoms with E-state index in [1.807, 2.05) is 54.6 Å². The van der Waals surface area contributed by atoms with Crippen LogP contribution >= 0.6 is 0 Å². The Morgan fingerprint density at radius 1 is 1.00 bits per heavy atom. The van der Waals surface area contributed by atoms with E-state index in [1.54, 1.807) is 0 Å². The highest BCUT2D eigenvalue weighted by Crippen LogP contribution is 2.30. The van der Waals surface area contributed by atoms with Crippen LogP contribution in [0, 0.1) is 0 Å². The van der Waals surface area contributed by atoms with Crippen molar-refractivity contribution in [3.63, 3.8) is 0 Å². The van der Waals surface area contributed by atoms with Crippen molar-refractivity contribution >= 4 is 17.5 Å². The maximum absolute atomic E-state index is 12.5. The zero-order valence-corrected chi connectivity index (χ0v) is 13.3. The minimum atomic E-state index is -0.397. The molecule has 4 heteroatoms. The Morgan fingerprint density at radius 2 is 1.65 bits per heavy atom. The highest BCUT2D eigenvalue weighted by molar-refractivity contribution is 6.07. The summed E-state index contributed by atoms with van der Waals surface area (Å²) in [5, 5.41) is 1.14. The molecule has 1 fully saturated rings. The lowest BCUT2D eigenvalue weighted by Gasteiger charge is -2.18. The van der Waals surface area contributed by atoms with Gasteiger partial charge in [0.1, 0.15) is 0 Å². The Labute approximate surface area is 136 Å². The molecule has 2 amide bonds. The van der Waals surface area contributed by atoms with Crippen LogP contribution in [0.1, 0.15) is 43.2 Å². The molecule has 2 aromatic rings. The number of hydrazine groups is 1. The molecule has 2 aromatic carbocycles. The molecule has 1 aliphatic rings. The summed E-state index contributed by atoms with van der Waals surface area (Å²) in [5.74, 6) is -0.348. The maximum Gasteiger partial charge on any atom is 0.256 e. The average Bonchev–Trinajstić information content (AvgIpc) is 2.84. The predicted molar refractivity (Wildman–Crippen MR) is 89.8 cm³/mol. The normalized spacial score (nSPS) is 17.9. The van der Waals surface area contributed by atoms with Crippen molar-refractivity contribution in [3.05, 3.63) is 65.7 Å². The van der Waals surface area contributed by atoms with E-state index in [0.29, 0.717) is 5.92 Å². The van der Waals surface area contributed by atoms with Gasteiger partial charge in [-0.3, -0.25) is 15.0 Å². The molecule has 118 valence electrons. The number of nitrogens with zero attached hydrogens (tertiary/aromatic N) is 1. The lowest BCUT2D eigenvalue weighted by atomic mass is 9.98. The van der Waals surface area contributed by atoms with Gasteiger partial charge < -0.3 is 0 Å². The molecule has 1 unspecified atom stereocenters. The highest BCUT2D eigenvalue weighted by Gasteiger charge is 2.39. The molecule has 0 radical (unpaired) electrons. The number of anilines is 1. The molecule has 1 saturated heterocycles. The summed E-state index contributed by atoms with van der Waals surface area (Å²) in [6.45, 7) is 4.25. The molecular formula is C19H20N2O2. The van der Waals surface area contributed by atoms with Crippen LogP contribution in [0.25, 0.3) is 0 Å². The molecule has 1 N–H and O–H groups in total. The van der Waals surface area contributed by atoms with Crippen LogP contribution in [0.4, 0.5) is 5.69 Å². The highest BCUT2D eigenvalue weighted by atomic mass is 16.2. The zero-order chi connectivity index (χ0) is 16.4. The number of nitrogens with one attached hydrogen (secondary N) is 1. The standard InChI is InChI=1S/C19H20N2O2/c1-13(2)14-8-10-16(11-9-14)20-21-18(22)12-17(19(21)23)15-6-4-3-5-7-15/h3-11,13,17,20H,12H2,1-2H3. The van der Waals surface area contributed by atoms with Gasteiger partial charge in [0.25, 0.3) is 5.91 Å². The number of hydrogen-bond donors (Lipinski definition) is 1. The number of hydrogen-bond acceptors (Lipinski definition) is 3. The van der Waals surface area contributed by atoms with Crippen LogP contribution < -0.4 is 5.43 Å². The Bertz CT molecular complexity index is 708. The smallest absolute Gasteiger partial charge is 0.256 e. The van der Waals surface area contributed by atoms with Crippen molar-refractivity contribution in [2.45, 2.75) is 32.1 Å². The van der Waals surface area contributed by atoms with E-state index < -0.39 is 5.92 Å². The van der Waals surface area contributed by atoms with Crippen LogP contribution in [0.5, 0.6) is 0 Å². The Morgan fingerprint density at radius 3 is 2.26 bits per heavy atom. The van der Waals surface area contributed by atoms with Gasteiger partial charge in [0.15, 0.2) is 0 Å². The van der Waals surface area contributed by atoms with E-state index >= 15 is 0 Å². The van der Waals surface area contributed by atoms with Gasteiger partial charge in [-0.15, -0.1) is 0 Å². The van der Waals surface area contributed by atoms with Crippen LogP contribution in [-0.2, 0) is 9.59 Å². The fourth-order valence-electron chi connectivity index (χ4n) is 2.77. The molecule has 3 rings (SSSR count). The number of imide groups is 1. The second-order valence-corrected chi connectivity index (χ2v) is 6.12. The van der Waals surface area contributed by atoms with E-state index in [1.165, 1.54) is 5.56 Å². The van der Waals surface area contributed by atoms with Crippen molar-refractivity contribution in [3.8, 4) is 0 Å². The Hall–Kier alpha value is -2.62. The van der Waals surface area contributed by atoms with Crippen molar-refractivity contribution in [1.29, 1.82) is 0 Å². The first-order valence-electron chi connectivity index (χ1n) is 7.84. The van der Waals surface area contributed by atoms with E-state index in [-0.39, 0.29) is 18.2 Å². The summed E-state index contributed by atoms with van der Waals surface area (Å²) in [6, 6.07) is 17.2. The van der Waals surface area contributed by atoms with Gasteiger partial charge in [0, 0.05) is 6.42 Å². The molecule has 0 aliphatic carbocycles. The van der Waals surface area contributed by atoms with Gasteiger partial charge in [-0.2, -0.15) is 5.01 Å². The topological polar surface area (TPSA) is 49.4 Å². The van der Waals surface area contributed by atoms with Gasteiger partial charge in [0.05, 0.1) is 11.6 Å². The maximum atomic E-state index is 12.5. The SMILES string of the molecule is CC(C)c1ccc(NN2C(=O)CC(c3ccccc3)C2=O)cc1. The first-order valence-corrected chi connectivity index (χ1v) is 7.84. The van der Waals surface area contributed by atoms with E-state index in [0.717, 1.165) is 16.3 Å². The third kappa shape index (κ3) is 3.11. The number of carbonyl (C=O) groups excluding carboxylic acids is 2. The Kier molecular flexibility index (Phi) is 4.15. The molecular weight excluding hydrogens is 288 g/mol. The lowest BCUT2D eigenvalue weighted by Crippen LogP contribution is -2.35. The zero-order valence-electron chi connectivity index (χ0n) is 13.3. The second-order valence-electron chi connectivity index (χ2n) is 6.12. The lowest BCUT2D eigenvalue weighted by molar-refractivity contribution is -0.137. The fraction of sp³-hybridized carbons (Fsp3) is 0.263. The molecule has 0 saturated carbocycles. The van der Waals surface area contributed by atoms with Crippen LogP contribution in [0.2, 0.25) is 0 Å². The third-order valence-electron chi connectivity index (χ3n) is 4.17. The average molecular weight is 308 g/mol. The summed E-state index contributed by atoms with van der Waals surface area (Å²) >= 11 is 0. The van der Waals surface area contributed by atoms with Gasteiger partial charge in [-0.25, -0.2) is 0 Å². The molecule has 0 spiro atoms. The molecule has 1 atom stereocenters. The van der Waals surface area contributed by atoms with Crippen molar-refractivity contribution in [2.75, 3.05) is 5.43 Å². The third-order valence-corrected chi connectivity index (χ3v) is 4.17. The summed E-state index contributed by atoms with van der Waals surface area (Å²) < 4.78 is 0. The fourth-order valence-corrected chi connectivity index (χ4v) is 2.77. The van der Waals surface area contributed by atoms with Crippen molar-refractivity contribution in [1.82, 2.24) is 5.01 Å². The van der Waals surface area contributed by atoms with Crippen LogP contribution in [0.3, 0.4) is 0 Å². The van der Waals surface area contributed by atoms with Crippen LogP contribution in [-0.4, -0.2) is 16.8 Å². The van der Waals surface area contributed by atoms with Crippen LogP contribution in [0.15, 0.2) is 54.6 Å². The molecule has 0 bridgehead atoms. The first kappa shape index (κ1) is 15.3. The molecule has 0 aromatic heterocycles. The minimum Gasteiger partial charge on any atom is -0.289 e. The second kappa shape index (κ2) is 6.24. The van der Waals surface area contributed by atoms with E-state index in [4.69, 9.17) is 0 Å². The summed E-state index contributed by atoms with van der Waals surface area (Å²) in [4.78, 5) is 24.7. The van der Waals surface area contributed by atoms with Crippen molar-refractivity contribution < 1.29 is 9.59 Å². The van der Waals surface area contributed by atoms with Gasteiger partial charge in [0.2, 0.25) is 5.91 Å². The summed E-state index contributed by atoms with van der Waals surface area (Å²) in [6.07, 6.45) is 0.208. The quantitative estimate of drug-likeness (QED) is 0.877. The minimum absolute atomic E-state index is 0.197. The molecule has 4 nitrogen and oxygen atoms in total. The summed E-state index contributed by atoms with van der Waals surface area (Å²) in [7, 11) is 0. The van der Waals surface area contributed by atoms with Gasteiger partial charge in [-0.1, -0.05) is 56.3 Å². The molecule has 1 aliphatic heterocycles. The number of benzene rings is 2. The number of rotatable bonds is 4. The largest absolute Gasteiger partial charge is 0.289 e. The first-order chi connectivity index (χ1) is 11.1. The van der Waals surface area contributed by atoms with Gasteiger partial charge >= 0.3 is 0 Å². The van der Waals surface area contributed by atoms with E-state index in [9.17, 15) is 9.59 Å². The Balaban J connectivity index is 1.75. The monoisotopic (exact) mass is 308 g/mol. The van der Waals surface area contributed by atoms with Gasteiger partial charge in [-0.05, 0) is 29.2 Å². The van der Waals surface area contributed by atoms with Crippen molar-refractivity contribution in [2.24, 2.45) is 0 Å².